The van der Waals surface area contributed by atoms with Gasteiger partial charge in [-0.05, 0) is 26.0 Å². The monoisotopic (exact) mass is 465 g/mol. The van der Waals surface area contributed by atoms with Gasteiger partial charge in [-0.3, -0.25) is 14.3 Å². The number of halogens is 1. The second-order valence-corrected chi connectivity index (χ2v) is 8.45. The summed E-state index contributed by atoms with van der Waals surface area (Å²) >= 11 is 6.47. The third-order valence-corrected chi connectivity index (χ3v) is 5.45. The quantitative estimate of drug-likeness (QED) is 0.397. The highest BCUT2D eigenvalue weighted by Gasteiger charge is 2.17. The van der Waals surface area contributed by atoms with Gasteiger partial charge >= 0.3 is 0 Å². The molecule has 0 saturated heterocycles. The maximum Gasteiger partial charge on any atom is 0.261 e. The molecule has 0 radical (unpaired) electrons. The van der Waals surface area contributed by atoms with Crippen molar-refractivity contribution >= 4 is 11.6 Å². The van der Waals surface area contributed by atoms with Gasteiger partial charge in [-0.15, -0.1) is 0 Å². The molecular formula is C24H24ClN5O3. The molecule has 0 N–H and O–H groups in total. The standard InChI is InChI=1S/C24H24ClN5O3/c1-13(2)23-26-7-6-19(29-23)20-9-21(18(25)10-27-20)30-14(3)8-22(15(4)24(30)31)33-12-17-11-32-16(5)28-17/h6-11,13H,12H2,1-5H3. The lowest BCUT2D eigenvalue weighted by Crippen LogP contribution is -2.24. The Labute approximate surface area is 196 Å². The summed E-state index contributed by atoms with van der Waals surface area (Å²) in [5, 5.41) is 0.355. The molecule has 0 aliphatic rings. The molecule has 0 aromatic carbocycles. The lowest BCUT2D eigenvalue weighted by molar-refractivity contribution is 0.297. The highest BCUT2D eigenvalue weighted by Crippen LogP contribution is 2.27. The first-order valence-corrected chi connectivity index (χ1v) is 10.9. The van der Waals surface area contributed by atoms with Gasteiger partial charge in [0.05, 0.1) is 27.7 Å². The Balaban J connectivity index is 1.73. The van der Waals surface area contributed by atoms with E-state index in [0.717, 1.165) is 5.82 Å². The summed E-state index contributed by atoms with van der Waals surface area (Å²) in [6.45, 7) is 9.56. The van der Waals surface area contributed by atoms with Gasteiger partial charge in [-0.25, -0.2) is 15.0 Å². The van der Waals surface area contributed by atoms with Gasteiger partial charge in [0.2, 0.25) is 0 Å². The maximum atomic E-state index is 13.3. The lowest BCUT2D eigenvalue weighted by Gasteiger charge is -2.16. The smallest absolute Gasteiger partial charge is 0.261 e. The Morgan fingerprint density at radius 1 is 1.12 bits per heavy atom. The van der Waals surface area contributed by atoms with Crippen LogP contribution >= 0.6 is 11.6 Å². The summed E-state index contributed by atoms with van der Waals surface area (Å²) in [5.74, 6) is 1.94. The molecule has 170 valence electrons. The molecule has 0 spiro atoms. The third kappa shape index (κ3) is 4.66. The molecule has 9 heteroatoms. The summed E-state index contributed by atoms with van der Waals surface area (Å²) in [5.41, 5.74) is 3.34. The van der Waals surface area contributed by atoms with Crippen LogP contribution in [0.5, 0.6) is 5.75 Å². The van der Waals surface area contributed by atoms with Crippen LogP contribution in [-0.2, 0) is 6.61 Å². The number of aromatic nitrogens is 5. The van der Waals surface area contributed by atoms with E-state index in [1.165, 1.54) is 12.5 Å². The Kier molecular flexibility index (Phi) is 6.29. The molecule has 0 bridgehead atoms. The lowest BCUT2D eigenvalue weighted by atomic mass is 10.1. The van der Waals surface area contributed by atoms with Crippen molar-refractivity contribution in [2.24, 2.45) is 0 Å². The van der Waals surface area contributed by atoms with E-state index >= 15 is 0 Å². The highest BCUT2D eigenvalue weighted by molar-refractivity contribution is 6.32. The minimum Gasteiger partial charge on any atom is -0.487 e. The SMILES string of the molecule is Cc1nc(COc2cc(C)n(-c3cc(-c4ccnc(C(C)C)n4)ncc3Cl)c(=O)c2C)co1. The fraction of sp³-hybridized carbons (Fsp3) is 0.292. The van der Waals surface area contributed by atoms with Crippen molar-refractivity contribution in [2.75, 3.05) is 0 Å². The van der Waals surface area contributed by atoms with E-state index in [1.54, 1.807) is 36.7 Å². The third-order valence-electron chi connectivity index (χ3n) is 5.16. The number of hydrogen-bond acceptors (Lipinski definition) is 7. The van der Waals surface area contributed by atoms with Crippen molar-refractivity contribution in [3.8, 4) is 22.8 Å². The zero-order valence-corrected chi connectivity index (χ0v) is 19.8. The molecule has 0 fully saturated rings. The first kappa shape index (κ1) is 22.7. The van der Waals surface area contributed by atoms with E-state index in [1.807, 2.05) is 26.8 Å². The zero-order chi connectivity index (χ0) is 23.7. The van der Waals surface area contributed by atoms with Crippen LogP contribution in [0, 0.1) is 20.8 Å². The number of ether oxygens (including phenoxy) is 1. The van der Waals surface area contributed by atoms with Crippen molar-refractivity contribution in [3.63, 3.8) is 0 Å². The molecule has 4 aromatic rings. The summed E-state index contributed by atoms with van der Waals surface area (Å²) in [6, 6.07) is 5.36. The van der Waals surface area contributed by atoms with E-state index in [-0.39, 0.29) is 18.1 Å². The second-order valence-electron chi connectivity index (χ2n) is 8.04. The predicted octanol–water partition coefficient (Wildman–Crippen LogP) is 4.96. The largest absolute Gasteiger partial charge is 0.487 e. The number of aryl methyl sites for hydroxylation is 2. The van der Waals surface area contributed by atoms with Crippen LogP contribution in [0.4, 0.5) is 0 Å². The average molecular weight is 466 g/mol. The average Bonchev–Trinajstić information content (AvgIpc) is 3.21. The van der Waals surface area contributed by atoms with Gasteiger partial charge in [-0.1, -0.05) is 25.4 Å². The predicted molar refractivity (Wildman–Crippen MR) is 125 cm³/mol. The zero-order valence-electron chi connectivity index (χ0n) is 19.1. The van der Waals surface area contributed by atoms with E-state index in [0.29, 0.717) is 50.7 Å². The van der Waals surface area contributed by atoms with E-state index < -0.39 is 0 Å². The minimum absolute atomic E-state index is 0.179. The van der Waals surface area contributed by atoms with Crippen LogP contribution in [0.3, 0.4) is 0 Å². The molecule has 4 aromatic heterocycles. The summed E-state index contributed by atoms with van der Waals surface area (Å²) < 4.78 is 12.6. The molecule has 4 heterocycles. The molecule has 0 aliphatic carbocycles. The normalized spacial score (nSPS) is 11.2. The van der Waals surface area contributed by atoms with Crippen LogP contribution in [-0.4, -0.2) is 24.5 Å². The first-order chi connectivity index (χ1) is 15.7. The molecule has 33 heavy (non-hydrogen) atoms. The van der Waals surface area contributed by atoms with E-state index in [4.69, 9.17) is 20.8 Å². The van der Waals surface area contributed by atoms with Crippen molar-refractivity contribution in [3.05, 3.63) is 80.9 Å². The fourth-order valence-electron chi connectivity index (χ4n) is 3.41. The van der Waals surface area contributed by atoms with E-state index in [2.05, 4.69) is 19.9 Å². The van der Waals surface area contributed by atoms with Crippen LogP contribution in [0.15, 0.2) is 46.1 Å². The Hall–Kier alpha value is -3.52. The summed E-state index contributed by atoms with van der Waals surface area (Å²) in [4.78, 5) is 30.9. The number of rotatable bonds is 6. The van der Waals surface area contributed by atoms with Crippen molar-refractivity contribution in [1.82, 2.24) is 24.5 Å². The summed E-state index contributed by atoms with van der Waals surface area (Å²) in [7, 11) is 0. The maximum absolute atomic E-state index is 13.3. The first-order valence-electron chi connectivity index (χ1n) is 10.5. The van der Waals surface area contributed by atoms with Gasteiger partial charge in [0, 0.05) is 37.0 Å². The van der Waals surface area contributed by atoms with Crippen LogP contribution in [0.2, 0.25) is 5.02 Å². The number of pyridine rings is 2. The fourth-order valence-corrected chi connectivity index (χ4v) is 3.59. The number of oxazole rings is 1. The van der Waals surface area contributed by atoms with Crippen LogP contribution in [0.1, 0.15) is 48.4 Å². The van der Waals surface area contributed by atoms with E-state index in [9.17, 15) is 4.79 Å². The highest BCUT2D eigenvalue weighted by atomic mass is 35.5. The molecule has 0 aliphatic heterocycles. The summed E-state index contributed by atoms with van der Waals surface area (Å²) in [6.07, 6.45) is 4.77. The van der Waals surface area contributed by atoms with Crippen molar-refractivity contribution < 1.29 is 9.15 Å². The number of nitrogens with zero attached hydrogens (tertiary/aromatic N) is 5. The Morgan fingerprint density at radius 2 is 1.91 bits per heavy atom. The molecule has 0 atom stereocenters. The molecule has 4 rings (SSSR count). The van der Waals surface area contributed by atoms with Gasteiger partial charge in [0.1, 0.15) is 30.1 Å². The molecule has 0 amide bonds. The molecule has 8 nitrogen and oxygen atoms in total. The molecular weight excluding hydrogens is 442 g/mol. The Bertz CT molecular complexity index is 1380. The molecule has 0 unspecified atom stereocenters. The Morgan fingerprint density at radius 3 is 2.61 bits per heavy atom. The topological polar surface area (TPSA) is 95.9 Å². The van der Waals surface area contributed by atoms with Gasteiger partial charge < -0.3 is 9.15 Å². The molecule has 0 saturated carbocycles. The minimum atomic E-state index is -0.231. The van der Waals surface area contributed by atoms with Gasteiger partial charge in [0.25, 0.3) is 5.56 Å². The van der Waals surface area contributed by atoms with Gasteiger partial charge in [0.15, 0.2) is 5.89 Å². The van der Waals surface area contributed by atoms with Crippen molar-refractivity contribution in [2.45, 2.75) is 47.1 Å². The van der Waals surface area contributed by atoms with Gasteiger partial charge in [-0.2, -0.15) is 0 Å². The number of hydrogen-bond donors (Lipinski definition) is 0. The van der Waals surface area contributed by atoms with Crippen molar-refractivity contribution in [1.29, 1.82) is 0 Å². The van der Waals surface area contributed by atoms with Crippen LogP contribution < -0.4 is 10.3 Å². The van der Waals surface area contributed by atoms with Crippen LogP contribution in [0.25, 0.3) is 17.1 Å². The second kappa shape index (κ2) is 9.15.